The van der Waals surface area contributed by atoms with Crippen LogP contribution in [0.4, 0.5) is 0 Å². The molecule has 10 nitrogen and oxygen atoms in total. The molecule has 2 atom stereocenters. The molecule has 3 aliphatic rings. The van der Waals surface area contributed by atoms with Crippen molar-refractivity contribution in [2.24, 2.45) is 0 Å². The standard InChI is InChI=1S/C32H65N3O2.C12H25NO2.2C8H18O/c1-10-11-12-13-14-15-16-17-18-19-20-35(26-21-29(2,3)33-30(4,5)22-26)25-28(36)37-27-23-31(6,7)34-32(8,9)24-27;1-9(14)8-15-10-6-11(2,3)13-12(4,5)7-10;2*1-2-3-4-5-6-7-8-9/h26-28,33-34,36H,10-25H2,1-9H3;9-10,13-14H,6-8H2,1-5H3;2*9H,2-8H2,1H3. The number of rotatable bonds is 31. The first-order chi connectivity index (χ1) is 32.7. The first-order valence-corrected chi connectivity index (χ1v) is 29.6. The van der Waals surface area contributed by atoms with Crippen LogP contribution < -0.4 is 16.0 Å². The highest BCUT2D eigenvalue weighted by Crippen LogP contribution is 2.34. The smallest absolute Gasteiger partial charge is 0.167 e. The maximum absolute atomic E-state index is 11.2. The van der Waals surface area contributed by atoms with Gasteiger partial charge in [0.25, 0.3) is 0 Å². The molecule has 70 heavy (non-hydrogen) atoms. The molecule has 3 rings (SSSR count). The van der Waals surface area contributed by atoms with E-state index >= 15 is 0 Å². The van der Waals surface area contributed by atoms with E-state index in [4.69, 9.17) is 19.7 Å². The van der Waals surface area contributed by atoms with Gasteiger partial charge in [-0.2, -0.15) is 0 Å². The van der Waals surface area contributed by atoms with Crippen LogP contribution in [0, 0.1) is 0 Å². The van der Waals surface area contributed by atoms with E-state index in [2.05, 4.69) is 125 Å². The molecule has 3 fully saturated rings. The second-order valence-corrected chi connectivity index (χ2v) is 26.2. The summed E-state index contributed by atoms with van der Waals surface area (Å²) in [6.45, 7) is 38.4. The van der Waals surface area contributed by atoms with E-state index in [1.807, 2.05) is 0 Å². The van der Waals surface area contributed by atoms with Crippen molar-refractivity contribution in [2.75, 3.05) is 32.9 Å². The number of piperidine rings is 3. The SMILES string of the molecule is CC(O)COC1CC(C)(C)NC(C)(C)C1.CCCCCCCCCCCCN(CC(O)OC1CC(C)(C)NC(C)(C)C1)C1CC(C)(C)NC(C)(C)C1.CCCCCCCCO.CCCCCCCCO. The lowest BCUT2D eigenvalue weighted by Gasteiger charge is -2.50. The summed E-state index contributed by atoms with van der Waals surface area (Å²) in [5, 5.41) is 48.4. The molecule has 0 aliphatic carbocycles. The third-order valence-corrected chi connectivity index (χ3v) is 14.1. The zero-order valence-electron chi connectivity index (χ0n) is 49.8. The number of nitrogens with one attached hydrogen (secondary N) is 3. The Morgan fingerprint density at radius 2 is 0.743 bits per heavy atom. The number of aliphatic hydroxyl groups excluding tert-OH is 4. The highest BCUT2D eigenvalue weighted by Gasteiger charge is 2.42. The lowest BCUT2D eigenvalue weighted by Crippen LogP contribution is -2.63. The maximum atomic E-state index is 11.2. The Balaban J connectivity index is 0.00000116. The summed E-state index contributed by atoms with van der Waals surface area (Å²) in [4.78, 5) is 2.57. The molecular formula is C60H126N4O6. The van der Waals surface area contributed by atoms with Crippen LogP contribution in [0.25, 0.3) is 0 Å². The minimum Gasteiger partial charge on any atom is -0.396 e. The molecular weight excluding hydrogens is 873 g/mol. The van der Waals surface area contributed by atoms with Crippen molar-refractivity contribution in [3.8, 4) is 0 Å². The summed E-state index contributed by atoms with van der Waals surface area (Å²) in [6, 6.07) is 0.462. The monoisotopic (exact) mass is 999 g/mol. The molecule has 3 heterocycles. The average Bonchev–Trinajstić information content (AvgIpc) is 3.20. The summed E-state index contributed by atoms with van der Waals surface area (Å²) in [5.74, 6) is 0. The summed E-state index contributed by atoms with van der Waals surface area (Å²) in [6.07, 6.45) is 33.8. The molecule has 0 amide bonds. The number of nitrogens with zero attached hydrogens (tertiary/aromatic N) is 1. The third kappa shape index (κ3) is 38.2. The number of ether oxygens (including phenoxy) is 2. The Bertz CT molecular complexity index is 1150. The van der Waals surface area contributed by atoms with Gasteiger partial charge in [-0.3, -0.25) is 4.90 Å². The number of unbranched alkanes of at least 4 members (excludes halogenated alkanes) is 19. The molecule has 2 unspecified atom stereocenters. The molecule has 3 aliphatic heterocycles. The van der Waals surface area contributed by atoms with E-state index in [0.29, 0.717) is 32.4 Å². The third-order valence-electron chi connectivity index (χ3n) is 14.1. The summed E-state index contributed by atoms with van der Waals surface area (Å²) in [5.41, 5.74) is 0.459. The molecule has 7 N–H and O–H groups in total. The van der Waals surface area contributed by atoms with Gasteiger partial charge in [-0.15, -0.1) is 0 Å². The van der Waals surface area contributed by atoms with E-state index in [9.17, 15) is 10.2 Å². The van der Waals surface area contributed by atoms with Crippen molar-refractivity contribution in [3.63, 3.8) is 0 Å². The Morgan fingerprint density at radius 3 is 1.07 bits per heavy atom. The number of hydrogen-bond acceptors (Lipinski definition) is 10. The van der Waals surface area contributed by atoms with Crippen LogP contribution in [0.3, 0.4) is 0 Å². The van der Waals surface area contributed by atoms with Crippen molar-refractivity contribution in [1.29, 1.82) is 0 Å². The van der Waals surface area contributed by atoms with E-state index in [0.717, 1.165) is 57.9 Å². The fourth-order valence-corrected chi connectivity index (χ4v) is 11.9. The first-order valence-electron chi connectivity index (χ1n) is 29.6. The van der Waals surface area contributed by atoms with E-state index < -0.39 is 6.29 Å². The molecule has 422 valence electrons. The number of hydrogen-bond donors (Lipinski definition) is 7. The van der Waals surface area contributed by atoms with Gasteiger partial charge in [0.1, 0.15) is 0 Å². The van der Waals surface area contributed by atoms with Gasteiger partial charge in [-0.05, 0) is 154 Å². The zero-order valence-corrected chi connectivity index (χ0v) is 49.8. The van der Waals surface area contributed by atoms with Crippen LogP contribution in [-0.4, -0.2) is 122 Å². The van der Waals surface area contributed by atoms with Gasteiger partial charge in [0, 0.05) is 59.0 Å². The molecule has 10 heteroatoms. The fourth-order valence-electron chi connectivity index (χ4n) is 11.9. The predicted octanol–water partition coefficient (Wildman–Crippen LogP) is 13.5. The molecule has 0 radical (unpaired) electrons. The maximum Gasteiger partial charge on any atom is 0.167 e. The van der Waals surface area contributed by atoms with E-state index in [1.54, 1.807) is 6.92 Å². The minimum atomic E-state index is -0.737. The van der Waals surface area contributed by atoms with Crippen molar-refractivity contribution in [2.45, 2.75) is 354 Å². The van der Waals surface area contributed by atoms with Gasteiger partial charge in [0.15, 0.2) is 6.29 Å². The van der Waals surface area contributed by atoms with Gasteiger partial charge >= 0.3 is 0 Å². The average molecular weight is 1000 g/mol. The molecule has 0 aromatic rings. The fraction of sp³-hybridized carbons (Fsp3) is 1.00. The second kappa shape index (κ2) is 37.4. The summed E-state index contributed by atoms with van der Waals surface area (Å²) >= 11 is 0. The lowest BCUT2D eigenvalue weighted by molar-refractivity contribution is -0.170. The van der Waals surface area contributed by atoms with Crippen LogP contribution in [0.15, 0.2) is 0 Å². The Hall–Kier alpha value is -0.400. The highest BCUT2D eigenvalue weighted by atomic mass is 16.6. The van der Waals surface area contributed by atoms with Gasteiger partial charge < -0.3 is 45.9 Å². The minimum absolute atomic E-state index is 0.0188. The first kappa shape index (κ1) is 69.6. The van der Waals surface area contributed by atoms with Gasteiger partial charge in [-0.1, -0.05) is 143 Å². The van der Waals surface area contributed by atoms with Gasteiger partial charge in [0.2, 0.25) is 0 Å². The zero-order chi connectivity index (χ0) is 53.3. The molecule has 0 saturated carbocycles. The summed E-state index contributed by atoms with van der Waals surface area (Å²) < 4.78 is 12.1. The predicted molar refractivity (Wildman–Crippen MR) is 302 cm³/mol. The Labute approximate surface area is 436 Å². The van der Waals surface area contributed by atoms with Crippen molar-refractivity contribution in [3.05, 3.63) is 0 Å². The van der Waals surface area contributed by atoms with Crippen LogP contribution in [0.2, 0.25) is 0 Å². The van der Waals surface area contributed by atoms with Crippen LogP contribution in [0.5, 0.6) is 0 Å². The van der Waals surface area contributed by atoms with Crippen molar-refractivity contribution >= 4 is 0 Å². The Morgan fingerprint density at radius 1 is 0.443 bits per heavy atom. The Kier molecular flexibility index (Phi) is 37.1. The number of aliphatic hydroxyl groups is 4. The quantitative estimate of drug-likeness (QED) is 0.0265. The topological polar surface area (TPSA) is 139 Å². The molecule has 0 aromatic heterocycles. The lowest BCUT2D eigenvalue weighted by atomic mass is 9.79. The van der Waals surface area contributed by atoms with Crippen molar-refractivity contribution in [1.82, 2.24) is 20.9 Å². The highest BCUT2D eigenvalue weighted by molar-refractivity contribution is 5.01. The van der Waals surface area contributed by atoms with Crippen LogP contribution in [-0.2, 0) is 9.47 Å². The second-order valence-electron chi connectivity index (χ2n) is 26.2. The van der Waals surface area contributed by atoms with Crippen molar-refractivity contribution < 1.29 is 29.9 Å². The molecule has 3 saturated heterocycles. The molecule has 0 spiro atoms. The largest absolute Gasteiger partial charge is 0.396 e. The summed E-state index contributed by atoms with van der Waals surface area (Å²) in [7, 11) is 0. The molecule has 0 bridgehead atoms. The van der Waals surface area contributed by atoms with Crippen LogP contribution >= 0.6 is 0 Å². The van der Waals surface area contributed by atoms with Gasteiger partial charge in [0.05, 0.1) is 24.9 Å². The van der Waals surface area contributed by atoms with E-state index in [1.165, 1.54) is 128 Å². The normalized spacial score (nSPS) is 21.4. The van der Waals surface area contributed by atoms with E-state index in [-0.39, 0.29) is 51.5 Å². The van der Waals surface area contributed by atoms with Crippen LogP contribution in [0.1, 0.15) is 291 Å². The molecule has 0 aromatic carbocycles. The van der Waals surface area contributed by atoms with Gasteiger partial charge in [-0.25, -0.2) is 0 Å².